The van der Waals surface area contributed by atoms with Crippen LogP contribution in [-0.4, -0.2) is 12.1 Å². The highest BCUT2D eigenvalue weighted by molar-refractivity contribution is 6.42. The summed E-state index contributed by atoms with van der Waals surface area (Å²) in [6, 6.07) is 4.38. The number of ketones is 1. The zero-order valence-electron chi connectivity index (χ0n) is 5.88. The van der Waals surface area contributed by atoms with E-state index < -0.39 is 5.78 Å². The number of rotatable bonds is 2. The number of halogens is 2. The van der Waals surface area contributed by atoms with Crippen molar-refractivity contribution in [1.29, 1.82) is 0 Å². The second-order valence-corrected chi connectivity index (χ2v) is 2.95. The Hall–Kier alpha value is -0.860. The summed E-state index contributed by atoms with van der Waals surface area (Å²) in [4.78, 5) is 21.0. The largest absolute Gasteiger partial charge is 0.294 e. The van der Waals surface area contributed by atoms with Gasteiger partial charge in [0.05, 0.1) is 5.02 Å². The van der Waals surface area contributed by atoms with Gasteiger partial charge in [0.1, 0.15) is 0 Å². The van der Waals surface area contributed by atoms with E-state index in [9.17, 15) is 9.59 Å². The summed E-state index contributed by atoms with van der Waals surface area (Å²) in [5.41, 5.74) is 0.138. The minimum absolute atomic E-state index is 0.138. The molecule has 4 heteroatoms. The van der Waals surface area contributed by atoms with Crippen molar-refractivity contribution < 1.29 is 9.59 Å². The van der Waals surface area contributed by atoms with Gasteiger partial charge in [0.15, 0.2) is 6.29 Å². The molecule has 1 aromatic carbocycles. The van der Waals surface area contributed by atoms with Gasteiger partial charge in [-0.2, -0.15) is 0 Å². The molecule has 1 aromatic rings. The Balaban J connectivity index is 3.22. The predicted octanol–water partition coefficient (Wildman–Crippen LogP) is 2.38. The molecule has 0 aromatic heterocycles. The molecule has 0 aliphatic rings. The predicted molar refractivity (Wildman–Crippen MR) is 46.9 cm³/mol. The van der Waals surface area contributed by atoms with Gasteiger partial charge in [0, 0.05) is 10.6 Å². The van der Waals surface area contributed by atoms with E-state index in [1.54, 1.807) is 6.07 Å². The molecule has 12 heavy (non-hydrogen) atoms. The maximum Gasteiger partial charge on any atom is 0.226 e. The Morgan fingerprint density at radius 2 is 2.00 bits per heavy atom. The smallest absolute Gasteiger partial charge is 0.226 e. The van der Waals surface area contributed by atoms with E-state index in [1.165, 1.54) is 12.1 Å². The fraction of sp³-hybridized carbons (Fsp3) is 0. The molecule has 0 saturated heterocycles. The summed E-state index contributed by atoms with van der Waals surface area (Å²) in [5, 5.41) is 0.612. The minimum atomic E-state index is -0.664. The molecule has 0 atom stereocenters. The van der Waals surface area contributed by atoms with Gasteiger partial charge >= 0.3 is 0 Å². The van der Waals surface area contributed by atoms with Gasteiger partial charge in [-0.15, -0.1) is 0 Å². The summed E-state index contributed by atoms with van der Waals surface area (Å²) >= 11 is 11.2. The normalized spacial score (nSPS) is 9.50. The molecule has 0 spiro atoms. The Labute approximate surface area is 79.1 Å². The third-order valence-electron chi connectivity index (χ3n) is 1.30. The zero-order valence-corrected chi connectivity index (χ0v) is 7.39. The monoisotopic (exact) mass is 202 g/mol. The van der Waals surface area contributed by atoms with Crippen molar-refractivity contribution in [2.24, 2.45) is 0 Å². The number of benzene rings is 1. The number of hydrogen-bond donors (Lipinski definition) is 0. The van der Waals surface area contributed by atoms with Crippen LogP contribution < -0.4 is 0 Å². The number of aldehydes is 1. The molecule has 2 nitrogen and oxygen atoms in total. The molecule has 0 unspecified atom stereocenters. The maximum absolute atomic E-state index is 10.9. The van der Waals surface area contributed by atoms with E-state index in [-0.39, 0.29) is 16.9 Å². The van der Waals surface area contributed by atoms with E-state index in [1.807, 2.05) is 0 Å². The molecule has 0 saturated carbocycles. The van der Waals surface area contributed by atoms with Crippen LogP contribution in [-0.2, 0) is 4.79 Å². The lowest BCUT2D eigenvalue weighted by Gasteiger charge is -1.97. The number of carbonyl (C=O) groups excluding carboxylic acids is 2. The van der Waals surface area contributed by atoms with Crippen LogP contribution in [0, 0.1) is 0 Å². The maximum atomic E-state index is 10.9. The van der Waals surface area contributed by atoms with Crippen molar-refractivity contribution in [2.45, 2.75) is 0 Å². The van der Waals surface area contributed by atoms with E-state index in [4.69, 9.17) is 23.2 Å². The minimum Gasteiger partial charge on any atom is -0.294 e. The first-order chi connectivity index (χ1) is 5.65. The summed E-state index contributed by atoms with van der Waals surface area (Å²) in [5.74, 6) is -0.664. The van der Waals surface area contributed by atoms with Gasteiger partial charge in [-0.1, -0.05) is 23.2 Å². The summed E-state index contributed by atoms with van der Waals surface area (Å²) in [6.45, 7) is 0. The molecule has 0 bridgehead atoms. The fourth-order valence-electron chi connectivity index (χ4n) is 0.750. The number of Topliss-reactive ketones (excluding diaryl/α,β-unsaturated/α-hetero) is 1. The first kappa shape index (κ1) is 9.23. The van der Waals surface area contributed by atoms with Crippen LogP contribution in [0.25, 0.3) is 0 Å². The molecular weight excluding hydrogens is 199 g/mol. The molecule has 0 fully saturated rings. The molecule has 0 radical (unpaired) electrons. The van der Waals surface area contributed by atoms with E-state index in [2.05, 4.69) is 0 Å². The Kier molecular flexibility index (Phi) is 2.84. The lowest BCUT2D eigenvalue weighted by molar-refractivity contribution is -0.104. The average molecular weight is 203 g/mol. The van der Waals surface area contributed by atoms with Crippen LogP contribution in [0.1, 0.15) is 10.4 Å². The standard InChI is InChI=1S/C8H4Cl2O2/c9-5-1-2-7(10)6(3-5)8(12)4-11/h1-4H. The molecule has 0 aliphatic heterocycles. The van der Waals surface area contributed by atoms with E-state index in [0.717, 1.165) is 0 Å². The second-order valence-electron chi connectivity index (χ2n) is 2.11. The quantitative estimate of drug-likeness (QED) is 0.420. The Bertz CT molecular complexity index is 334. The van der Waals surface area contributed by atoms with E-state index in [0.29, 0.717) is 5.02 Å². The summed E-state index contributed by atoms with van der Waals surface area (Å²) in [7, 11) is 0. The molecule has 62 valence electrons. The molecule has 1 rings (SSSR count). The van der Waals surface area contributed by atoms with Crippen molar-refractivity contribution in [1.82, 2.24) is 0 Å². The number of hydrogen-bond acceptors (Lipinski definition) is 2. The zero-order chi connectivity index (χ0) is 9.14. The highest BCUT2D eigenvalue weighted by Gasteiger charge is 2.08. The Morgan fingerprint density at radius 1 is 1.33 bits per heavy atom. The van der Waals surface area contributed by atoms with E-state index >= 15 is 0 Å². The third kappa shape index (κ3) is 1.84. The average Bonchev–Trinajstić information content (AvgIpc) is 2.08. The fourth-order valence-corrected chi connectivity index (χ4v) is 1.13. The molecule has 0 amide bonds. The molecule has 0 aliphatic carbocycles. The highest BCUT2D eigenvalue weighted by Crippen LogP contribution is 2.20. The molecule has 0 N–H and O–H groups in total. The lowest BCUT2D eigenvalue weighted by atomic mass is 10.1. The van der Waals surface area contributed by atoms with Crippen molar-refractivity contribution in [3.05, 3.63) is 33.8 Å². The van der Waals surface area contributed by atoms with Crippen molar-refractivity contribution in [3.8, 4) is 0 Å². The van der Waals surface area contributed by atoms with Crippen LogP contribution in [0.4, 0.5) is 0 Å². The van der Waals surface area contributed by atoms with Gasteiger partial charge in [0.25, 0.3) is 0 Å². The van der Waals surface area contributed by atoms with Gasteiger partial charge in [-0.3, -0.25) is 9.59 Å². The van der Waals surface area contributed by atoms with Crippen molar-refractivity contribution in [2.75, 3.05) is 0 Å². The molecular formula is C8H4Cl2O2. The first-order valence-corrected chi connectivity index (χ1v) is 3.85. The van der Waals surface area contributed by atoms with Crippen LogP contribution in [0.15, 0.2) is 18.2 Å². The second kappa shape index (κ2) is 3.70. The van der Waals surface area contributed by atoms with Crippen molar-refractivity contribution >= 4 is 35.3 Å². The summed E-state index contributed by atoms with van der Waals surface area (Å²) < 4.78 is 0. The first-order valence-electron chi connectivity index (χ1n) is 3.09. The highest BCUT2D eigenvalue weighted by atomic mass is 35.5. The van der Waals surface area contributed by atoms with Gasteiger partial charge in [0.2, 0.25) is 5.78 Å². The van der Waals surface area contributed by atoms with Gasteiger partial charge in [-0.25, -0.2) is 0 Å². The van der Waals surface area contributed by atoms with Crippen LogP contribution in [0.3, 0.4) is 0 Å². The topological polar surface area (TPSA) is 34.1 Å². The van der Waals surface area contributed by atoms with Crippen molar-refractivity contribution in [3.63, 3.8) is 0 Å². The van der Waals surface area contributed by atoms with Gasteiger partial charge in [-0.05, 0) is 18.2 Å². The lowest BCUT2D eigenvalue weighted by Crippen LogP contribution is -2.00. The van der Waals surface area contributed by atoms with Gasteiger partial charge < -0.3 is 0 Å². The van der Waals surface area contributed by atoms with Crippen LogP contribution in [0.2, 0.25) is 10.0 Å². The Morgan fingerprint density at radius 3 is 2.58 bits per heavy atom. The summed E-state index contributed by atoms with van der Waals surface area (Å²) in [6.07, 6.45) is 0.206. The number of carbonyl (C=O) groups is 2. The van der Waals surface area contributed by atoms with Crippen LogP contribution >= 0.6 is 23.2 Å². The molecule has 0 heterocycles. The SMILES string of the molecule is O=CC(=O)c1cc(Cl)ccc1Cl. The van der Waals surface area contributed by atoms with Crippen LogP contribution in [0.5, 0.6) is 0 Å². The third-order valence-corrected chi connectivity index (χ3v) is 1.87.